The van der Waals surface area contributed by atoms with E-state index in [1.165, 1.54) is 0 Å². The molecule has 1 atom stereocenters. The number of carbonyl (C=O) groups excluding carboxylic acids is 1. The Labute approximate surface area is 162 Å². The summed E-state index contributed by atoms with van der Waals surface area (Å²) in [5, 5.41) is 3.00. The van der Waals surface area contributed by atoms with Gasteiger partial charge in [-0.1, -0.05) is 0 Å². The molecule has 0 bridgehead atoms. The van der Waals surface area contributed by atoms with Gasteiger partial charge in [-0.3, -0.25) is 9.69 Å². The van der Waals surface area contributed by atoms with Gasteiger partial charge < -0.3 is 15.0 Å². The minimum Gasteiger partial charge on any atom is -0.383 e. The number of rotatable bonds is 6. The van der Waals surface area contributed by atoms with Gasteiger partial charge in [0.25, 0.3) is 0 Å². The molecule has 2 saturated heterocycles. The van der Waals surface area contributed by atoms with Crippen molar-refractivity contribution in [3.05, 3.63) is 17.5 Å². The van der Waals surface area contributed by atoms with E-state index in [9.17, 15) is 4.79 Å². The van der Waals surface area contributed by atoms with Crippen molar-refractivity contribution in [2.75, 3.05) is 51.3 Å². The van der Waals surface area contributed by atoms with E-state index in [1.54, 1.807) is 7.11 Å². The Morgan fingerprint density at radius 2 is 1.89 bits per heavy atom. The Morgan fingerprint density at radius 3 is 2.56 bits per heavy atom. The highest BCUT2D eigenvalue weighted by Crippen LogP contribution is 2.25. The van der Waals surface area contributed by atoms with Crippen LogP contribution in [0.4, 0.5) is 5.95 Å². The largest absolute Gasteiger partial charge is 0.383 e. The monoisotopic (exact) mass is 375 g/mol. The first-order valence-electron chi connectivity index (χ1n) is 10.1. The predicted molar refractivity (Wildman–Crippen MR) is 106 cm³/mol. The lowest BCUT2D eigenvalue weighted by Crippen LogP contribution is -2.51. The van der Waals surface area contributed by atoms with Crippen LogP contribution in [-0.2, 0) is 9.53 Å². The van der Waals surface area contributed by atoms with Gasteiger partial charge in [-0.25, -0.2) is 9.97 Å². The first kappa shape index (κ1) is 20.0. The number of ether oxygens (including phenoxy) is 1. The second-order valence-corrected chi connectivity index (χ2v) is 7.79. The number of methoxy groups -OCH3 is 1. The molecular formula is C20H33N5O2. The van der Waals surface area contributed by atoms with Crippen LogP contribution >= 0.6 is 0 Å². The predicted octanol–water partition coefficient (Wildman–Crippen LogP) is 1.54. The summed E-state index contributed by atoms with van der Waals surface area (Å²) in [6.45, 7) is 9.16. The van der Waals surface area contributed by atoms with Crippen LogP contribution in [0.25, 0.3) is 0 Å². The number of amides is 1. The number of piperidine rings is 2. The Hall–Kier alpha value is -1.73. The van der Waals surface area contributed by atoms with Crippen molar-refractivity contribution < 1.29 is 9.53 Å². The molecule has 0 spiro atoms. The van der Waals surface area contributed by atoms with Gasteiger partial charge in [0.2, 0.25) is 11.9 Å². The number of anilines is 1. The first-order valence-corrected chi connectivity index (χ1v) is 10.1. The van der Waals surface area contributed by atoms with Crippen LogP contribution in [0.1, 0.15) is 37.1 Å². The smallest absolute Gasteiger partial charge is 0.225 e. The van der Waals surface area contributed by atoms with Crippen LogP contribution in [0.3, 0.4) is 0 Å². The minimum atomic E-state index is 0.108. The summed E-state index contributed by atoms with van der Waals surface area (Å²) in [5.74, 6) is 1.15. The van der Waals surface area contributed by atoms with Crippen molar-refractivity contribution in [3.63, 3.8) is 0 Å². The molecule has 1 N–H and O–H groups in total. The second-order valence-electron chi connectivity index (χ2n) is 7.79. The quantitative estimate of drug-likeness (QED) is 0.761. The van der Waals surface area contributed by atoms with Gasteiger partial charge in [0.05, 0.1) is 12.5 Å². The van der Waals surface area contributed by atoms with Crippen molar-refractivity contribution in [3.8, 4) is 0 Å². The molecule has 0 saturated carbocycles. The Kier molecular flexibility index (Phi) is 7.01. The standard InChI is InChI=1S/C20H33N5O2/c1-15-13-16(2)23-20(22-15)24-10-6-18(7-11-24)25-9-4-5-17(14-25)19(26)21-8-12-27-3/h13,17-18H,4-12,14H2,1-3H3,(H,21,26)/t17-/m0/s1. The molecule has 0 radical (unpaired) electrons. The molecule has 0 aromatic carbocycles. The van der Waals surface area contributed by atoms with E-state index in [0.29, 0.717) is 19.2 Å². The zero-order chi connectivity index (χ0) is 19.2. The third kappa shape index (κ3) is 5.39. The third-order valence-corrected chi connectivity index (χ3v) is 5.66. The second kappa shape index (κ2) is 9.46. The molecule has 2 aliphatic heterocycles. The summed E-state index contributed by atoms with van der Waals surface area (Å²) in [6, 6.07) is 2.57. The highest BCUT2D eigenvalue weighted by Gasteiger charge is 2.32. The molecular weight excluding hydrogens is 342 g/mol. The van der Waals surface area contributed by atoms with E-state index >= 15 is 0 Å². The normalized spacial score (nSPS) is 22.0. The number of likely N-dealkylation sites (tertiary alicyclic amines) is 1. The van der Waals surface area contributed by atoms with E-state index in [2.05, 4.69) is 25.1 Å². The zero-order valence-corrected chi connectivity index (χ0v) is 16.9. The maximum absolute atomic E-state index is 12.4. The van der Waals surface area contributed by atoms with Gasteiger partial charge in [-0.15, -0.1) is 0 Å². The summed E-state index contributed by atoms with van der Waals surface area (Å²) in [6.07, 6.45) is 4.30. The van der Waals surface area contributed by atoms with Gasteiger partial charge in [0.1, 0.15) is 0 Å². The van der Waals surface area contributed by atoms with E-state index in [4.69, 9.17) is 4.74 Å². The lowest BCUT2D eigenvalue weighted by molar-refractivity contribution is -0.127. The van der Waals surface area contributed by atoms with Gasteiger partial charge >= 0.3 is 0 Å². The van der Waals surface area contributed by atoms with E-state index in [1.807, 2.05) is 19.9 Å². The maximum atomic E-state index is 12.4. The van der Waals surface area contributed by atoms with Gasteiger partial charge in [-0.05, 0) is 52.1 Å². The first-order chi connectivity index (χ1) is 13.1. The fourth-order valence-electron chi connectivity index (χ4n) is 4.25. The number of aromatic nitrogens is 2. The number of carbonyl (C=O) groups is 1. The average molecular weight is 376 g/mol. The van der Waals surface area contributed by atoms with Crippen LogP contribution < -0.4 is 10.2 Å². The van der Waals surface area contributed by atoms with E-state index in [0.717, 1.165) is 69.2 Å². The molecule has 0 aliphatic carbocycles. The van der Waals surface area contributed by atoms with Crippen LogP contribution in [-0.4, -0.2) is 73.3 Å². The Bertz CT molecular complexity index is 611. The van der Waals surface area contributed by atoms with Crippen LogP contribution in [0.2, 0.25) is 0 Å². The molecule has 150 valence electrons. The molecule has 3 heterocycles. The molecule has 0 unspecified atom stereocenters. The Morgan fingerprint density at radius 1 is 1.19 bits per heavy atom. The van der Waals surface area contributed by atoms with Crippen molar-refractivity contribution in [1.82, 2.24) is 20.2 Å². The third-order valence-electron chi connectivity index (χ3n) is 5.66. The minimum absolute atomic E-state index is 0.108. The number of nitrogens with zero attached hydrogens (tertiary/aromatic N) is 4. The zero-order valence-electron chi connectivity index (χ0n) is 16.9. The van der Waals surface area contributed by atoms with E-state index in [-0.39, 0.29) is 11.8 Å². The average Bonchev–Trinajstić information content (AvgIpc) is 2.67. The lowest BCUT2D eigenvalue weighted by Gasteiger charge is -2.42. The van der Waals surface area contributed by atoms with Crippen molar-refractivity contribution >= 4 is 11.9 Å². The SMILES string of the molecule is COCCNC(=O)[C@H]1CCCN(C2CCN(c3nc(C)cc(C)n3)CC2)C1. The fraction of sp³-hybridized carbons (Fsp3) is 0.750. The molecule has 1 aromatic heterocycles. The fourth-order valence-corrected chi connectivity index (χ4v) is 4.25. The molecule has 3 rings (SSSR count). The molecule has 7 heteroatoms. The van der Waals surface area contributed by atoms with Crippen molar-refractivity contribution in [2.24, 2.45) is 5.92 Å². The van der Waals surface area contributed by atoms with Crippen LogP contribution in [0.15, 0.2) is 6.07 Å². The number of hydrogen-bond acceptors (Lipinski definition) is 6. The topological polar surface area (TPSA) is 70.6 Å². The maximum Gasteiger partial charge on any atom is 0.225 e. The molecule has 1 amide bonds. The summed E-state index contributed by atoms with van der Waals surface area (Å²) >= 11 is 0. The van der Waals surface area contributed by atoms with Crippen molar-refractivity contribution in [1.29, 1.82) is 0 Å². The lowest BCUT2D eigenvalue weighted by atomic mass is 9.93. The summed E-state index contributed by atoms with van der Waals surface area (Å²) in [7, 11) is 1.66. The van der Waals surface area contributed by atoms with Gasteiger partial charge in [0.15, 0.2) is 0 Å². The highest BCUT2D eigenvalue weighted by atomic mass is 16.5. The molecule has 1 aromatic rings. The van der Waals surface area contributed by atoms with Crippen LogP contribution in [0.5, 0.6) is 0 Å². The van der Waals surface area contributed by atoms with Gasteiger partial charge in [-0.2, -0.15) is 0 Å². The highest BCUT2D eigenvalue weighted by molar-refractivity contribution is 5.78. The summed E-state index contributed by atoms with van der Waals surface area (Å²) in [5.41, 5.74) is 2.05. The van der Waals surface area contributed by atoms with Crippen molar-refractivity contribution in [2.45, 2.75) is 45.6 Å². The molecule has 7 nitrogen and oxygen atoms in total. The molecule has 27 heavy (non-hydrogen) atoms. The van der Waals surface area contributed by atoms with Gasteiger partial charge in [0, 0.05) is 50.7 Å². The number of aryl methyl sites for hydroxylation is 2. The summed E-state index contributed by atoms with van der Waals surface area (Å²) < 4.78 is 5.02. The number of nitrogens with one attached hydrogen (secondary N) is 1. The molecule has 2 fully saturated rings. The Balaban J connectivity index is 1.50. The molecule has 2 aliphatic rings. The van der Waals surface area contributed by atoms with E-state index < -0.39 is 0 Å². The number of hydrogen-bond donors (Lipinski definition) is 1. The summed E-state index contributed by atoms with van der Waals surface area (Å²) in [4.78, 5) is 26.4. The van der Waals surface area contributed by atoms with Crippen LogP contribution in [0, 0.1) is 19.8 Å².